The molecule has 1 nitrogen and oxygen atoms in total. The zero-order valence-electron chi connectivity index (χ0n) is 9.63. The Morgan fingerprint density at radius 3 is 2.36 bits per heavy atom. The lowest BCUT2D eigenvalue weighted by Gasteiger charge is -2.23. The first-order valence-electron chi connectivity index (χ1n) is 6.16. The van der Waals surface area contributed by atoms with Crippen LogP contribution in [0.2, 0.25) is 0 Å². The third-order valence-corrected chi connectivity index (χ3v) is 3.22. The SMILES string of the molecule is CCCC(CCC)C(O)C1=CCCC1. The zero-order chi connectivity index (χ0) is 10.4. The number of hydrogen-bond acceptors (Lipinski definition) is 1. The molecule has 0 aromatic carbocycles. The van der Waals surface area contributed by atoms with E-state index >= 15 is 0 Å². The van der Waals surface area contributed by atoms with Gasteiger partial charge in [0.25, 0.3) is 0 Å². The first kappa shape index (κ1) is 11.8. The van der Waals surface area contributed by atoms with Gasteiger partial charge in [0.1, 0.15) is 0 Å². The van der Waals surface area contributed by atoms with Crippen molar-refractivity contribution in [1.29, 1.82) is 0 Å². The Morgan fingerprint density at radius 2 is 1.93 bits per heavy atom. The summed E-state index contributed by atoms with van der Waals surface area (Å²) in [6, 6.07) is 0. The third-order valence-electron chi connectivity index (χ3n) is 3.22. The molecule has 0 saturated carbocycles. The zero-order valence-corrected chi connectivity index (χ0v) is 9.63. The van der Waals surface area contributed by atoms with Crippen LogP contribution in [-0.2, 0) is 0 Å². The number of aliphatic hydroxyl groups excluding tert-OH is 1. The van der Waals surface area contributed by atoms with Crippen molar-refractivity contribution >= 4 is 0 Å². The van der Waals surface area contributed by atoms with Crippen molar-refractivity contribution in [2.24, 2.45) is 5.92 Å². The lowest BCUT2D eigenvalue weighted by molar-refractivity contribution is 0.126. The number of aliphatic hydroxyl groups is 1. The maximum atomic E-state index is 10.2. The maximum absolute atomic E-state index is 10.2. The molecule has 1 aliphatic rings. The Balaban J connectivity index is 2.48. The summed E-state index contributed by atoms with van der Waals surface area (Å²) in [5, 5.41) is 10.2. The second-order valence-electron chi connectivity index (χ2n) is 4.45. The Bertz CT molecular complexity index is 178. The molecule has 1 heteroatoms. The lowest BCUT2D eigenvalue weighted by Crippen LogP contribution is -2.22. The molecule has 0 bridgehead atoms. The molecule has 0 spiro atoms. The highest BCUT2D eigenvalue weighted by Crippen LogP contribution is 2.29. The smallest absolute Gasteiger partial charge is 0.0778 e. The summed E-state index contributed by atoms with van der Waals surface area (Å²) in [7, 11) is 0. The van der Waals surface area contributed by atoms with Crippen LogP contribution in [0.4, 0.5) is 0 Å². The van der Waals surface area contributed by atoms with Crippen LogP contribution in [0.25, 0.3) is 0 Å². The van der Waals surface area contributed by atoms with Crippen LogP contribution in [0.3, 0.4) is 0 Å². The van der Waals surface area contributed by atoms with Gasteiger partial charge in [-0.1, -0.05) is 32.8 Å². The summed E-state index contributed by atoms with van der Waals surface area (Å²) in [4.78, 5) is 0. The van der Waals surface area contributed by atoms with Crippen LogP contribution in [0.1, 0.15) is 58.8 Å². The highest BCUT2D eigenvalue weighted by atomic mass is 16.3. The first-order chi connectivity index (χ1) is 6.79. The molecule has 0 aromatic rings. The minimum Gasteiger partial charge on any atom is -0.388 e. The van der Waals surface area contributed by atoms with Crippen molar-refractivity contribution in [3.63, 3.8) is 0 Å². The molecule has 0 amide bonds. The Hall–Kier alpha value is -0.300. The Labute approximate surface area is 88.2 Å². The van der Waals surface area contributed by atoms with E-state index in [2.05, 4.69) is 19.9 Å². The molecular formula is C13H24O. The molecule has 0 radical (unpaired) electrons. The highest BCUT2D eigenvalue weighted by Gasteiger charge is 2.22. The molecule has 0 heterocycles. The summed E-state index contributed by atoms with van der Waals surface area (Å²) in [6.45, 7) is 4.41. The minimum absolute atomic E-state index is 0.141. The summed E-state index contributed by atoms with van der Waals surface area (Å²) in [5.74, 6) is 0.509. The average molecular weight is 196 g/mol. The van der Waals surface area contributed by atoms with Gasteiger partial charge in [0.05, 0.1) is 6.10 Å². The van der Waals surface area contributed by atoms with Crippen LogP contribution in [0.15, 0.2) is 11.6 Å². The quantitative estimate of drug-likeness (QED) is 0.643. The maximum Gasteiger partial charge on any atom is 0.0778 e. The lowest BCUT2D eigenvalue weighted by atomic mass is 9.88. The van der Waals surface area contributed by atoms with Gasteiger partial charge < -0.3 is 5.11 Å². The number of hydrogen-bond donors (Lipinski definition) is 1. The van der Waals surface area contributed by atoms with Gasteiger partial charge in [-0.25, -0.2) is 0 Å². The Morgan fingerprint density at radius 1 is 1.29 bits per heavy atom. The van der Waals surface area contributed by atoms with E-state index in [9.17, 15) is 5.11 Å². The van der Waals surface area contributed by atoms with Crippen molar-refractivity contribution < 1.29 is 5.11 Å². The van der Waals surface area contributed by atoms with Crippen molar-refractivity contribution in [2.75, 3.05) is 0 Å². The van der Waals surface area contributed by atoms with Gasteiger partial charge in [0.2, 0.25) is 0 Å². The fraction of sp³-hybridized carbons (Fsp3) is 0.846. The second kappa shape index (κ2) is 6.23. The van der Waals surface area contributed by atoms with E-state index in [1.54, 1.807) is 0 Å². The van der Waals surface area contributed by atoms with Crippen LogP contribution in [0, 0.1) is 5.92 Å². The van der Waals surface area contributed by atoms with Crippen LogP contribution in [-0.4, -0.2) is 11.2 Å². The molecule has 1 unspecified atom stereocenters. The van der Waals surface area contributed by atoms with Crippen LogP contribution < -0.4 is 0 Å². The summed E-state index contributed by atoms with van der Waals surface area (Å²) in [5.41, 5.74) is 1.32. The molecule has 0 aliphatic heterocycles. The van der Waals surface area contributed by atoms with Gasteiger partial charge in [0.15, 0.2) is 0 Å². The van der Waals surface area contributed by atoms with E-state index in [4.69, 9.17) is 0 Å². The fourth-order valence-corrected chi connectivity index (χ4v) is 2.47. The van der Waals surface area contributed by atoms with Crippen LogP contribution >= 0.6 is 0 Å². The molecule has 1 N–H and O–H groups in total. The molecule has 0 saturated heterocycles. The van der Waals surface area contributed by atoms with E-state index in [1.807, 2.05) is 0 Å². The average Bonchev–Trinajstić information content (AvgIpc) is 2.69. The summed E-state index contributed by atoms with van der Waals surface area (Å²) in [6.07, 6.45) is 10.4. The van der Waals surface area contributed by atoms with Crippen molar-refractivity contribution in [2.45, 2.75) is 64.9 Å². The van der Waals surface area contributed by atoms with Crippen molar-refractivity contribution in [3.8, 4) is 0 Å². The third kappa shape index (κ3) is 3.13. The van der Waals surface area contributed by atoms with Gasteiger partial charge >= 0.3 is 0 Å². The van der Waals surface area contributed by atoms with E-state index in [0.29, 0.717) is 5.92 Å². The summed E-state index contributed by atoms with van der Waals surface area (Å²) >= 11 is 0. The van der Waals surface area contributed by atoms with E-state index < -0.39 is 0 Å². The predicted molar refractivity (Wildman–Crippen MR) is 61.2 cm³/mol. The Kier molecular flexibility index (Phi) is 5.24. The monoisotopic (exact) mass is 196 g/mol. The van der Waals surface area contributed by atoms with Gasteiger partial charge in [-0.3, -0.25) is 0 Å². The van der Waals surface area contributed by atoms with E-state index in [1.165, 1.54) is 44.1 Å². The first-order valence-corrected chi connectivity index (χ1v) is 6.16. The molecule has 0 aromatic heterocycles. The normalized spacial score (nSPS) is 18.7. The van der Waals surface area contributed by atoms with E-state index in [-0.39, 0.29) is 6.10 Å². The molecule has 82 valence electrons. The molecule has 1 rings (SSSR count). The number of allylic oxidation sites excluding steroid dienone is 1. The minimum atomic E-state index is -0.141. The van der Waals surface area contributed by atoms with Gasteiger partial charge in [-0.15, -0.1) is 0 Å². The topological polar surface area (TPSA) is 20.2 Å². The van der Waals surface area contributed by atoms with Gasteiger partial charge in [-0.2, -0.15) is 0 Å². The molecule has 0 fully saturated rings. The standard InChI is InChI=1S/C13H24O/c1-3-7-11(8-4-2)13(14)12-9-5-6-10-12/h9,11,13-14H,3-8,10H2,1-2H3. The predicted octanol–water partition coefficient (Wildman–Crippen LogP) is 3.67. The van der Waals surface area contributed by atoms with Gasteiger partial charge in [-0.05, 0) is 43.6 Å². The van der Waals surface area contributed by atoms with Crippen molar-refractivity contribution in [3.05, 3.63) is 11.6 Å². The molecule has 1 aliphatic carbocycles. The highest BCUT2D eigenvalue weighted by molar-refractivity contribution is 5.13. The van der Waals surface area contributed by atoms with Crippen LogP contribution in [0.5, 0.6) is 0 Å². The number of rotatable bonds is 6. The fourth-order valence-electron chi connectivity index (χ4n) is 2.47. The van der Waals surface area contributed by atoms with E-state index in [0.717, 1.165) is 6.42 Å². The molecule has 1 atom stereocenters. The molecular weight excluding hydrogens is 172 g/mol. The van der Waals surface area contributed by atoms with Gasteiger partial charge in [0, 0.05) is 0 Å². The molecule has 14 heavy (non-hydrogen) atoms. The van der Waals surface area contributed by atoms with Crippen molar-refractivity contribution in [1.82, 2.24) is 0 Å². The summed E-state index contributed by atoms with van der Waals surface area (Å²) < 4.78 is 0. The largest absolute Gasteiger partial charge is 0.388 e. The second-order valence-corrected chi connectivity index (χ2v) is 4.45.